The Morgan fingerprint density at radius 3 is 2.67 bits per heavy atom. The van der Waals surface area contributed by atoms with Gasteiger partial charge < -0.3 is 0 Å². The molecule has 1 aromatic carbocycles. The zero-order valence-electron chi connectivity index (χ0n) is 10.2. The summed E-state index contributed by atoms with van der Waals surface area (Å²) in [5, 5.41) is 0.0431. The average Bonchev–Trinajstić information content (AvgIpc) is 2.30. The van der Waals surface area contributed by atoms with Gasteiger partial charge in [-0.15, -0.1) is 0 Å². The number of Topliss-reactive ketones (excluding diaryl/α,β-unsaturated/α-hetero) is 1. The maximum atomic E-state index is 13.4. The number of hydrogen-bond acceptors (Lipinski definition) is 3. The first-order chi connectivity index (χ1) is 8.50. The zero-order chi connectivity index (χ0) is 13.5. The molecule has 4 heteroatoms. The van der Waals surface area contributed by atoms with Crippen LogP contribution in [0, 0.1) is 17.7 Å². The fourth-order valence-electron chi connectivity index (χ4n) is 1.24. The van der Waals surface area contributed by atoms with Gasteiger partial charge in [-0.05, 0) is 25.1 Å². The highest BCUT2D eigenvalue weighted by Gasteiger charge is 2.04. The van der Waals surface area contributed by atoms with Gasteiger partial charge >= 0.3 is 0 Å². The number of hydrogen-bond donors (Lipinski definition) is 0. The first-order valence-electron chi connectivity index (χ1n) is 5.43. The van der Waals surface area contributed by atoms with Crippen molar-refractivity contribution in [2.45, 2.75) is 20.3 Å². The first kappa shape index (κ1) is 14.5. The van der Waals surface area contributed by atoms with Gasteiger partial charge in [-0.3, -0.25) is 9.59 Å². The van der Waals surface area contributed by atoms with Crippen molar-refractivity contribution < 1.29 is 14.0 Å². The second kappa shape index (κ2) is 6.97. The van der Waals surface area contributed by atoms with E-state index in [4.69, 9.17) is 0 Å². The van der Waals surface area contributed by atoms with Gasteiger partial charge in [0.15, 0.2) is 10.9 Å². The molecule has 0 saturated carbocycles. The molecular weight excluding hydrogens is 251 g/mol. The molecule has 0 aliphatic heterocycles. The van der Waals surface area contributed by atoms with Crippen LogP contribution < -0.4 is 0 Å². The molecule has 0 radical (unpaired) electrons. The van der Waals surface area contributed by atoms with Crippen molar-refractivity contribution in [1.82, 2.24) is 0 Å². The number of thioether (sulfide) groups is 1. The number of benzene rings is 1. The third kappa shape index (κ3) is 4.72. The summed E-state index contributed by atoms with van der Waals surface area (Å²) < 4.78 is 13.4. The summed E-state index contributed by atoms with van der Waals surface area (Å²) in [6.07, 6.45) is 0.508. The van der Waals surface area contributed by atoms with Crippen molar-refractivity contribution in [2.24, 2.45) is 0 Å². The molecule has 0 saturated heterocycles. The van der Waals surface area contributed by atoms with Crippen molar-refractivity contribution in [3.05, 3.63) is 35.1 Å². The van der Waals surface area contributed by atoms with Crippen LogP contribution in [0.3, 0.4) is 0 Å². The van der Waals surface area contributed by atoms with Gasteiger partial charge in [0.05, 0.1) is 5.56 Å². The fraction of sp³-hybridized carbons (Fsp3) is 0.286. The topological polar surface area (TPSA) is 34.1 Å². The summed E-state index contributed by atoms with van der Waals surface area (Å²) in [7, 11) is 0. The van der Waals surface area contributed by atoms with E-state index in [1.807, 2.05) is 0 Å². The molecule has 0 fully saturated rings. The second-order valence-corrected chi connectivity index (χ2v) is 4.91. The van der Waals surface area contributed by atoms with E-state index in [1.54, 1.807) is 0 Å². The van der Waals surface area contributed by atoms with Crippen LogP contribution in [-0.2, 0) is 4.79 Å². The van der Waals surface area contributed by atoms with Crippen LogP contribution in [0.4, 0.5) is 4.39 Å². The molecule has 0 unspecified atom stereocenters. The van der Waals surface area contributed by atoms with Crippen molar-refractivity contribution in [1.29, 1.82) is 0 Å². The van der Waals surface area contributed by atoms with E-state index in [0.29, 0.717) is 17.7 Å². The Morgan fingerprint density at radius 2 is 2.06 bits per heavy atom. The molecule has 0 aliphatic carbocycles. The maximum absolute atomic E-state index is 13.4. The minimum Gasteiger partial charge on any atom is -0.295 e. The lowest BCUT2D eigenvalue weighted by Gasteiger charge is -1.98. The molecule has 0 heterocycles. The average molecular weight is 264 g/mol. The van der Waals surface area contributed by atoms with Crippen LogP contribution >= 0.6 is 11.8 Å². The lowest BCUT2D eigenvalue weighted by atomic mass is 10.1. The number of carbonyl (C=O) groups excluding carboxylic acids is 2. The third-order valence-corrected chi connectivity index (χ3v) is 2.94. The molecule has 1 aromatic rings. The summed E-state index contributed by atoms with van der Waals surface area (Å²) in [6, 6.07) is 4.13. The van der Waals surface area contributed by atoms with Crippen molar-refractivity contribution in [3.63, 3.8) is 0 Å². The van der Waals surface area contributed by atoms with Crippen molar-refractivity contribution in [3.8, 4) is 11.8 Å². The monoisotopic (exact) mass is 264 g/mol. The first-order valence-corrected chi connectivity index (χ1v) is 6.42. The second-order valence-electron chi connectivity index (χ2n) is 3.64. The van der Waals surface area contributed by atoms with Gasteiger partial charge in [-0.1, -0.05) is 23.6 Å². The van der Waals surface area contributed by atoms with E-state index in [0.717, 1.165) is 0 Å². The van der Waals surface area contributed by atoms with E-state index < -0.39 is 5.82 Å². The Bertz CT molecular complexity index is 526. The molecule has 0 atom stereocenters. The molecule has 94 valence electrons. The normalized spacial score (nSPS) is 9.50. The van der Waals surface area contributed by atoms with Crippen LogP contribution in [0.15, 0.2) is 18.2 Å². The van der Waals surface area contributed by atoms with E-state index >= 15 is 0 Å². The summed E-state index contributed by atoms with van der Waals surface area (Å²) >= 11 is 1.19. The Balaban J connectivity index is 2.71. The van der Waals surface area contributed by atoms with E-state index in [1.165, 1.54) is 43.8 Å². The number of rotatable bonds is 3. The van der Waals surface area contributed by atoms with E-state index in [2.05, 4.69) is 11.8 Å². The van der Waals surface area contributed by atoms with Crippen LogP contribution in [0.2, 0.25) is 0 Å². The summed E-state index contributed by atoms with van der Waals surface area (Å²) in [4.78, 5) is 21.8. The molecule has 0 N–H and O–H groups in total. The molecule has 0 aliphatic rings. The minimum atomic E-state index is -0.438. The highest BCUT2D eigenvalue weighted by molar-refractivity contribution is 8.13. The summed E-state index contributed by atoms with van der Waals surface area (Å²) in [5.41, 5.74) is 0.661. The quantitative estimate of drug-likeness (QED) is 0.478. The van der Waals surface area contributed by atoms with Crippen LogP contribution in [0.5, 0.6) is 0 Å². The predicted octanol–water partition coefficient (Wildman–Crippen LogP) is 3.05. The van der Waals surface area contributed by atoms with Crippen LogP contribution in [0.25, 0.3) is 0 Å². The number of ketones is 1. The summed E-state index contributed by atoms with van der Waals surface area (Å²) in [5.74, 6) is 5.50. The van der Waals surface area contributed by atoms with E-state index in [-0.39, 0.29) is 16.5 Å². The van der Waals surface area contributed by atoms with Gasteiger partial charge in [-0.2, -0.15) is 0 Å². The molecule has 18 heavy (non-hydrogen) atoms. The van der Waals surface area contributed by atoms with Crippen molar-refractivity contribution in [2.75, 3.05) is 5.75 Å². The largest absolute Gasteiger partial charge is 0.295 e. The molecule has 2 nitrogen and oxygen atoms in total. The molecule has 0 bridgehead atoms. The zero-order valence-corrected chi connectivity index (χ0v) is 11.1. The standard InChI is InChI=1S/C14H13FO2S/c1-10(16)12-6-7-14(15)13(9-12)5-3-4-8-18-11(2)17/h6-7,9H,4,8H2,1-2H3. The van der Waals surface area contributed by atoms with Gasteiger partial charge in [0.25, 0.3) is 0 Å². The molecule has 1 rings (SSSR count). The molecular formula is C14H13FO2S. The molecule has 0 amide bonds. The van der Waals surface area contributed by atoms with Gasteiger partial charge in [0, 0.05) is 24.7 Å². The van der Waals surface area contributed by atoms with Gasteiger partial charge in [0.1, 0.15) is 5.82 Å². The summed E-state index contributed by atoms with van der Waals surface area (Å²) in [6.45, 7) is 2.92. The number of carbonyl (C=O) groups is 2. The Kier molecular flexibility index (Phi) is 5.60. The maximum Gasteiger partial charge on any atom is 0.185 e. The van der Waals surface area contributed by atoms with E-state index in [9.17, 15) is 14.0 Å². The Hall–Kier alpha value is -1.60. The van der Waals surface area contributed by atoms with Crippen molar-refractivity contribution >= 4 is 22.7 Å². The fourth-order valence-corrected chi connectivity index (χ4v) is 1.74. The minimum absolute atomic E-state index is 0.0431. The molecule has 0 aromatic heterocycles. The predicted molar refractivity (Wildman–Crippen MR) is 71.0 cm³/mol. The van der Waals surface area contributed by atoms with Gasteiger partial charge in [0.2, 0.25) is 0 Å². The Labute approximate surface area is 110 Å². The highest BCUT2D eigenvalue weighted by atomic mass is 32.2. The van der Waals surface area contributed by atoms with Crippen LogP contribution in [0.1, 0.15) is 36.2 Å². The highest BCUT2D eigenvalue weighted by Crippen LogP contribution is 2.10. The lowest BCUT2D eigenvalue weighted by molar-refractivity contribution is -0.109. The van der Waals surface area contributed by atoms with Gasteiger partial charge in [-0.25, -0.2) is 4.39 Å². The SMILES string of the molecule is CC(=O)SCCC#Cc1cc(C(C)=O)ccc1F. The third-order valence-electron chi connectivity index (χ3n) is 2.13. The lowest BCUT2D eigenvalue weighted by Crippen LogP contribution is -1.94. The molecule has 0 spiro atoms. The number of halogens is 1. The Morgan fingerprint density at radius 1 is 1.33 bits per heavy atom. The smallest absolute Gasteiger partial charge is 0.185 e. The van der Waals surface area contributed by atoms with Crippen LogP contribution in [-0.4, -0.2) is 16.7 Å².